The van der Waals surface area contributed by atoms with E-state index >= 15 is 0 Å². The van der Waals surface area contributed by atoms with Crippen LogP contribution in [0.5, 0.6) is 0 Å². The number of esters is 1. The van der Waals surface area contributed by atoms with Gasteiger partial charge in [-0.25, -0.2) is 18.2 Å². The van der Waals surface area contributed by atoms with Crippen LogP contribution in [-0.4, -0.2) is 57.0 Å². The zero-order chi connectivity index (χ0) is 19.6. The number of methoxy groups -OCH3 is 1. The topological polar surface area (TPSA) is 79.8 Å². The minimum atomic E-state index is -3.86. The Kier molecular flexibility index (Phi) is 5.90. The van der Waals surface area contributed by atoms with Gasteiger partial charge in [-0.2, -0.15) is 4.31 Å². The Balaban J connectivity index is 1.81. The number of aromatic nitrogens is 1. The van der Waals surface area contributed by atoms with Gasteiger partial charge in [0.2, 0.25) is 10.0 Å². The number of hydrogen-bond donors (Lipinski definition) is 0. The molecule has 144 valence electrons. The SMILES string of the molecule is COC(=O)c1ccc(Cl)c(S(=O)(=O)N2CCN(c3ncccc3Cl)CC2)c1. The van der Waals surface area contributed by atoms with Crippen molar-refractivity contribution in [1.82, 2.24) is 9.29 Å². The van der Waals surface area contributed by atoms with E-state index in [2.05, 4.69) is 9.72 Å². The summed E-state index contributed by atoms with van der Waals surface area (Å²) in [4.78, 5) is 17.8. The first-order chi connectivity index (χ1) is 12.8. The molecule has 3 rings (SSSR count). The Bertz CT molecular complexity index is 960. The first kappa shape index (κ1) is 19.9. The average molecular weight is 430 g/mol. The van der Waals surface area contributed by atoms with E-state index < -0.39 is 16.0 Å². The fourth-order valence-electron chi connectivity index (χ4n) is 2.84. The van der Waals surface area contributed by atoms with Gasteiger partial charge in [0.25, 0.3) is 0 Å². The Morgan fingerprint density at radius 2 is 1.81 bits per heavy atom. The second-order valence-electron chi connectivity index (χ2n) is 5.84. The summed E-state index contributed by atoms with van der Waals surface area (Å²) in [6.45, 7) is 1.36. The lowest BCUT2D eigenvalue weighted by Gasteiger charge is -2.35. The van der Waals surface area contributed by atoms with E-state index in [1.807, 2.05) is 4.90 Å². The predicted molar refractivity (Wildman–Crippen MR) is 103 cm³/mol. The van der Waals surface area contributed by atoms with Gasteiger partial charge in [0.1, 0.15) is 10.7 Å². The van der Waals surface area contributed by atoms with Crippen LogP contribution in [0, 0.1) is 0 Å². The highest BCUT2D eigenvalue weighted by molar-refractivity contribution is 7.89. The number of halogens is 2. The molecule has 0 bridgehead atoms. The van der Waals surface area contributed by atoms with Gasteiger partial charge in [-0.05, 0) is 30.3 Å². The Labute approximate surface area is 167 Å². The molecule has 1 saturated heterocycles. The van der Waals surface area contributed by atoms with Crippen molar-refractivity contribution < 1.29 is 17.9 Å². The van der Waals surface area contributed by atoms with Gasteiger partial charge in [0, 0.05) is 32.4 Å². The maximum atomic E-state index is 13.0. The first-order valence-corrected chi connectivity index (χ1v) is 10.3. The molecule has 10 heteroatoms. The van der Waals surface area contributed by atoms with Crippen LogP contribution in [-0.2, 0) is 14.8 Å². The summed E-state index contributed by atoms with van der Waals surface area (Å²) in [7, 11) is -2.63. The molecule has 1 aliphatic heterocycles. The van der Waals surface area contributed by atoms with Gasteiger partial charge in [0.05, 0.1) is 22.7 Å². The molecule has 1 fully saturated rings. The second-order valence-corrected chi connectivity index (χ2v) is 8.56. The molecule has 1 aromatic heterocycles. The highest BCUT2D eigenvalue weighted by atomic mass is 35.5. The lowest BCUT2D eigenvalue weighted by Crippen LogP contribution is -2.49. The second kappa shape index (κ2) is 8.02. The van der Waals surface area contributed by atoms with Crippen molar-refractivity contribution in [3.05, 3.63) is 52.1 Å². The first-order valence-electron chi connectivity index (χ1n) is 8.08. The molecule has 7 nitrogen and oxygen atoms in total. The Morgan fingerprint density at radius 3 is 2.44 bits per heavy atom. The molecular weight excluding hydrogens is 413 g/mol. The minimum absolute atomic E-state index is 0.0536. The van der Waals surface area contributed by atoms with E-state index in [4.69, 9.17) is 23.2 Å². The normalized spacial score (nSPS) is 15.6. The number of pyridine rings is 1. The van der Waals surface area contributed by atoms with Crippen LogP contribution in [0.1, 0.15) is 10.4 Å². The molecule has 2 heterocycles. The smallest absolute Gasteiger partial charge is 0.337 e. The van der Waals surface area contributed by atoms with Crippen LogP contribution in [0.3, 0.4) is 0 Å². The largest absolute Gasteiger partial charge is 0.465 e. The van der Waals surface area contributed by atoms with E-state index in [1.54, 1.807) is 18.3 Å². The Hall–Kier alpha value is -1.87. The van der Waals surface area contributed by atoms with E-state index in [-0.39, 0.29) is 28.6 Å². The molecule has 0 spiro atoms. The van der Waals surface area contributed by atoms with Crippen molar-refractivity contribution in [1.29, 1.82) is 0 Å². The number of nitrogens with zero attached hydrogens (tertiary/aromatic N) is 3. The third-order valence-corrected chi connectivity index (χ3v) is 6.92. The molecule has 0 aliphatic carbocycles. The summed E-state index contributed by atoms with van der Waals surface area (Å²) in [6.07, 6.45) is 1.64. The van der Waals surface area contributed by atoms with Crippen LogP contribution >= 0.6 is 23.2 Å². The summed E-state index contributed by atoms with van der Waals surface area (Å²) in [5, 5.41) is 0.570. The summed E-state index contributed by atoms with van der Waals surface area (Å²) in [5.74, 6) is -0.000310. The number of benzene rings is 1. The number of rotatable bonds is 4. The molecule has 0 atom stereocenters. The third kappa shape index (κ3) is 4.03. The summed E-state index contributed by atoms with van der Waals surface area (Å²) in [5.41, 5.74) is 0.124. The molecule has 27 heavy (non-hydrogen) atoms. The number of anilines is 1. The van der Waals surface area contributed by atoms with Gasteiger partial charge in [0.15, 0.2) is 0 Å². The molecule has 0 saturated carbocycles. The van der Waals surface area contributed by atoms with Crippen molar-refractivity contribution in [3.63, 3.8) is 0 Å². The van der Waals surface area contributed by atoms with Crippen LogP contribution in [0.15, 0.2) is 41.4 Å². The highest BCUT2D eigenvalue weighted by Crippen LogP contribution is 2.29. The fourth-order valence-corrected chi connectivity index (χ4v) is 5.00. The highest BCUT2D eigenvalue weighted by Gasteiger charge is 2.31. The quantitative estimate of drug-likeness (QED) is 0.694. The molecular formula is C17H17Cl2N3O4S. The van der Waals surface area contributed by atoms with Gasteiger partial charge < -0.3 is 9.64 Å². The molecule has 0 amide bonds. The molecule has 0 unspecified atom stereocenters. The average Bonchev–Trinajstić information content (AvgIpc) is 2.68. The molecule has 1 aromatic carbocycles. The van der Waals surface area contributed by atoms with Crippen molar-refractivity contribution in [2.24, 2.45) is 0 Å². The number of carbonyl (C=O) groups is 1. The number of ether oxygens (including phenoxy) is 1. The van der Waals surface area contributed by atoms with Crippen molar-refractivity contribution in [2.45, 2.75) is 4.90 Å². The third-order valence-electron chi connectivity index (χ3n) is 4.25. The van der Waals surface area contributed by atoms with Crippen LogP contribution in [0.25, 0.3) is 0 Å². The predicted octanol–water partition coefficient (Wildman–Crippen LogP) is 2.69. The molecule has 0 N–H and O–H groups in total. The maximum absolute atomic E-state index is 13.0. The zero-order valence-corrected chi connectivity index (χ0v) is 16.8. The Morgan fingerprint density at radius 1 is 1.11 bits per heavy atom. The van der Waals surface area contributed by atoms with Crippen molar-refractivity contribution in [2.75, 3.05) is 38.2 Å². The maximum Gasteiger partial charge on any atom is 0.337 e. The molecule has 1 aliphatic rings. The monoisotopic (exact) mass is 429 g/mol. The zero-order valence-electron chi connectivity index (χ0n) is 14.4. The van der Waals surface area contributed by atoms with Crippen molar-refractivity contribution >= 4 is 45.0 Å². The van der Waals surface area contributed by atoms with Crippen molar-refractivity contribution in [3.8, 4) is 0 Å². The van der Waals surface area contributed by atoms with E-state index in [1.165, 1.54) is 29.6 Å². The van der Waals surface area contributed by atoms with E-state index in [0.29, 0.717) is 23.9 Å². The summed E-state index contributed by atoms with van der Waals surface area (Å²) >= 11 is 12.3. The lowest BCUT2D eigenvalue weighted by atomic mass is 10.2. The van der Waals surface area contributed by atoms with Gasteiger partial charge in [-0.1, -0.05) is 23.2 Å². The molecule has 2 aromatic rings. The van der Waals surface area contributed by atoms with E-state index in [0.717, 1.165) is 0 Å². The van der Waals surface area contributed by atoms with Gasteiger partial charge in [-0.3, -0.25) is 0 Å². The van der Waals surface area contributed by atoms with Crippen LogP contribution in [0.4, 0.5) is 5.82 Å². The standard InChI is InChI=1S/C17H17Cl2N3O4S/c1-26-17(23)12-4-5-13(18)15(11-12)27(24,25)22-9-7-21(8-10-22)16-14(19)3-2-6-20-16/h2-6,11H,7-10H2,1H3. The number of piperazine rings is 1. The van der Waals surface area contributed by atoms with E-state index in [9.17, 15) is 13.2 Å². The summed E-state index contributed by atoms with van der Waals surface area (Å²) in [6, 6.07) is 7.53. The van der Waals surface area contributed by atoms with Crippen LogP contribution in [0.2, 0.25) is 10.0 Å². The fraction of sp³-hybridized carbons (Fsp3) is 0.294. The van der Waals surface area contributed by atoms with Gasteiger partial charge >= 0.3 is 5.97 Å². The number of carbonyl (C=O) groups excluding carboxylic acids is 1. The summed E-state index contributed by atoms with van der Waals surface area (Å²) < 4.78 is 32.0. The number of sulfonamides is 1. The molecule has 0 radical (unpaired) electrons. The minimum Gasteiger partial charge on any atom is -0.465 e. The van der Waals surface area contributed by atoms with Crippen LogP contribution < -0.4 is 4.90 Å². The van der Waals surface area contributed by atoms with Gasteiger partial charge in [-0.15, -0.1) is 0 Å². The number of hydrogen-bond acceptors (Lipinski definition) is 6. The lowest BCUT2D eigenvalue weighted by molar-refractivity contribution is 0.0600.